The Bertz CT molecular complexity index is 564. The zero-order valence-electron chi connectivity index (χ0n) is 15.0. The van der Waals surface area contributed by atoms with Gasteiger partial charge in [0.1, 0.15) is 0 Å². The molecule has 0 spiro atoms. The van der Waals surface area contributed by atoms with Crippen LogP contribution in [0.3, 0.4) is 0 Å². The Morgan fingerprint density at radius 1 is 1.08 bits per heavy atom. The average Bonchev–Trinajstić information content (AvgIpc) is 2.50. The van der Waals surface area contributed by atoms with E-state index in [1.54, 1.807) is 13.8 Å². The lowest BCUT2D eigenvalue weighted by Crippen LogP contribution is -2.18. The van der Waals surface area contributed by atoms with Gasteiger partial charge in [-0.15, -0.1) is 0 Å². The van der Waals surface area contributed by atoms with Crippen LogP contribution in [0, 0.1) is 5.41 Å². The molecule has 0 aromatic rings. The Hall–Kier alpha value is -1.31. The van der Waals surface area contributed by atoms with Crippen LogP contribution in [0.4, 0.5) is 0 Å². The van der Waals surface area contributed by atoms with E-state index in [0.29, 0.717) is 0 Å². The lowest BCUT2D eigenvalue weighted by atomic mass is 9.99. The summed E-state index contributed by atoms with van der Waals surface area (Å²) >= 11 is 2.92. The van der Waals surface area contributed by atoms with Crippen molar-refractivity contribution in [1.29, 1.82) is 0 Å². The van der Waals surface area contributed by atoms with E-state index >= 15 is 0 Å². The Balaban J connectivity index is 5.38. The lowest BCUT2D eigenvalue weighted by Gasteiger charge is -2.24. The second-order valence-electron chi connectivity index (χ2n) is 5.80. The Kier molecular flexibility index (Phi) is 10.1. The summed E-state index contributed by atoms with van der Waals surface area (Å²) in [5, 5.41) is 0. The van der Waals surface area contributed by atoms with E-state index in [0.717, 1.165) is 4.99 Å². The SMILES string of the molecule is C=C(OP(=O)(OCC(C)(C)C)O/C(=C/Br)C(=O)OCC)C(=O)OCC. The highest BCUT2D eigenvalue weighted by atomic mass is 79.9. The highest BCUT2D eigenvalue weighted by Crippen LogP contribution is 2.54. The molecule has 0 N–H and O–H groups in total. The van der Waals surface area contributed by atoms with Crippen LogP contribution in [0.15, 0.2) is 23.1 Å². The van der Waals surface area contributed by atoms with Gasteiger partial charge in [-0.1, -0.05) is 36.7 Å². The van der Waals surface area contributed by atoms with Crippen LogP contribution in [-0.2, 0) is 37.2 Å². The van der Waals surface area contributed by atoms with Crippen LogP contribution >= 0.6 is 23.8 Å². The van der Waals surface area contributed by atoms with Crippen molar-refractivity contribution in [3.05, 3.63) is 23.1 Å². The monoisotopic (exact) mass is 442 g/mol. The van der Waals surface area contributed by atoms with Gasteiger partial charge in [0, 0.05) is 4.99 Å². The van der Waals surface area contributed by atoms with Crippen molar-refractivity contribution >= 4 is 35.7 Å². The van der Waals surface area contributed by atoms with Crippen LogP contribution < -0.4 is 0 Å². The number of hydrogen-bond donors (Lipinski definition) is 0. The number of halogens is 1. The van der Waals surface area contributed by atoms with Gasteiger partial charge in [0.2, 0.25) is 11.5 Å². The molecular formula is C15H24BrO8P. The molecule has 0 saturated heterocycles. The minimum absolute atomic E-state index is 0.0429. The van der Waals surface area contributed by atoms with Crippen molar-refractivity contribution in [1.82, 2.24) is 0 Å². The van der Waals surface area contributed by atoms with Crippen molar-refractivity contribution in [2.75, 3.05) is 19.8 Å². The summed E-state index contributed by atoms with van der Waals surface area (Å²) in [6.07, 6.45) is 0. The first kappa shape index (κ1) is 23.7. The normalized spacial score (nSPS) is 14.2. The molecule has 0 aliphatic heterocycles. The molecule has 0 aromatic heterocycles. The largest absolute Gasteiger partial charge is 0.588 e. The van der Waals surface area contributed by atoms with Crippen molar-refractivity contribution in [2.45, 2.75) is 34.6 Å². The van der Waals surface area contributed by atoms with Gasteiger partial charge < -0.3 is 18.5 Å². The second kappa shape index (κ2) is 10.6. The molecule has 0 fully saturated rings. The molecular weight excluding hydrogens is 419 g/mol. The summed E-state index contributed by atoms with van der Waals surface area (Å²) in [6, 6.07) is 0. The van der Waals surface area contributed by atoms with Crippen LogP contribution in [0.2, 0.25) is 0 Å². The molecule has 0 heterocycles. The highest BCUT2D eigenvalue weighted by molar-refractivity contribution is 9.11. The van der Waals surface area contributed by atoms with Gasteiger partial charge in [0.25, 0.3) is 0 Å². The Morgan fingerprint density at radius 3 is 2.04 bits per heavy atom. The minimum Gasteiger partial charge on any atom is -0.460 e. The van der Waals surface area contributed by atoms with Crippen molar-refractivity contribution in [3.8, 4) is 0 Å². The summed E-state index contributed by atoms with van der Waals surface area (Å²) in [4.78, 5) is 24.5. The molecule has 10 heteroatoms. The second-order valence-corrected chi connectivity index (χ2v) is 7.78. The maximum Gasteiger partial charge on any atom is 0.588 e. The third kappa shape index (κ3) is 9.67. The summed E-state index contributed by atoms with van der Waals surface area (Å²) in [6.45, 7) is 12.1. The first-order valence-corrected chi connectivity index (χ1v) is 9.83. The van der Waals surface area contributed by atoms with Crippen molar-refractivity contribution < 1.29 is 37.2 Å². The van der Waals surface area contributed by atoms with E-state index in [-0.39, 0.29) is 19.8 Å². The lowest BCUT2D eigenvalue weighted by molar-refractivity contribution is -0.141. The first-order chi connectivity index (χ1) is 11.5. The molecule has 1 atom stereocenters. The zero-order valence-corrected chi connectivity index (χ0v) is 17.5. The molecule has 0 radical (unpaired) electrons. The number of carbonyl (C=O) groups is 2. The maximum absolute atomic E-state index is 12.9. The molecule has 0 bridgehead atoms. The van der Waals surface area contributed by atoms with E-state index in [1.807, 2.05) is 20.8 Å². The standard InChI is InChI=1S/C15H24BrO8P/c1-7-20-13(17)11(3)23-25(19,22-10-15(4,5)6)24-12(9-16)14(18)21-8-2/h9H,3,7-8,10H2,1-2,4-6H3/b12-9+. The fraction of sp³-hybridized carbons (Fsp3) is 0.600. The van der Waals surface area contributed by atoms with Crippen LogP contribution in [-0.4, -0.2) is 31.8 Å². The Morgan fingerprint density at radius 2 is 1.60 bits per heavy atom. The number of hydrogen-bond acceptors (Lipinski definition) is 8. The molecule has 0 amide bonds. The number of esters is 2. The van der Waals surface area contributed by atoms with E-state index in [1.165, 1.54) is 0 Å². The van der Waals surface area contributed by atoms with E-state index in [4.69, 9.17) is 23.0 Å². The summed E-state index contributed by atoms with van der Waals surface area (Å²) in [5.41, 5.74) is -0.393. The zero-order chi connectivity index (χ0) is 19.7. The fourth-order valence-electron chi connectivity index (χ4n) is 1.15. The molecule has 144 valence electrons. The van der Waals surface area contributed by atoms with Crippen molar-refractivity contribution in [3.63, 3.8) is 0 Å². The first-order valence-electron chi connectivity index (χ1n) is 7.45. The topological polar surface area (TPSA) is 97.4 Å². The number of phosphoric acid groups is 1. The van der Waals surface area contributed by atoms with Crippen LogP contribution in [0.5, 0.6) is 0 Å². The molecule has 8 nitrogen and oxygen atoms in total. The smallest absolute Gasteiger partial charge is 0.460 e. The molecule has 0 aliphatic rings. The number of rotatable bonds is 10. The third-order valence-corrected chi connectivity index (χ3v) is 3.89. The quantitative estimate of drug-likeness (QED) is 0.216. The van der Waals surface area contributed by atoms with Gasteiger partial charge in [0.05, 0.1) is 19.8 Å². The third-order valence-electron chi connectivity index (χ3n) is 2.17. The predicted molar refractivity (Wildman–Crippen MR) is 94.6 cm³/mol. The molecule has 0 rings (SSSR count). The molecule has 0 aromatic carbocycles. The van der Waals surface area contributed by atoms with E-state index in [9.17, 15) is 14.2 Å². The predicted octanol–water partition coefficient (Wildman–Crippen LogP) is 4.07. The number of carbonyl (C=O) groups excluding carboxylic acids is 2. The minimum atomic E-state index is -4.40. The average molecular weight is 443 g/mol. The van der Waals surface area contributed by atoms with Gasteiger partial charge in [-0.2, -0.15) is 0 Å². The van der Waals surface area contributed by atoms with Gasteiger partial charge in [0.15, 0.2) is 0 Å². The van der Waals surface area contributed by atoms with E-state index in [2.05, 4.69) is 22.5 Å². The molecule has 0 saturated carbocycles. The summed E-state index contributed by atoms with van der Waals surface area (Å²) in [5.74, 6) is -2.83. The number of ether oxygens (including phenoxy) is 2. The van der Waals surface area contributed by atoms with Gasteiger partial charge >= 0.3 is 19.8 Å². The molecule has 25 heavy (non-hydrogen) atoms. The molecule has 0 aliphatic carbocycles. The summed E-state index contributed by atoms with van der Waals surface area (Å²) < 4.78 is 37.6. The van der Waals surface area contributed by atoms with Gasteiger partial charge in [-0.25, -0.2) is 14.2 Å². The summed E-state index contributed by atoms with van der Waals surface area (Å²) in [7, 11) is -4.40. The Labute approximate surface area is 156 Å². The van der Waals surface area contributed by atoms with Crippen LogP contribution in [0.1, 0.15) is 34.6 Å². The number of phosphoric ester groups is 1. The maximum atomic E-state index is 12.9. The molecule has 1 unspecified atom stereocenters. The highest BCUT2D eigenvalue weighted by Gasteiger charge is 2.37. The van der Waals surface area contributed by atoms with Gasteiger partial charge in [-0.05, 0) is 25.8 Å². The van der Waals surface area contributed by atoms with E-state index < -0.39 is 36.7 Å². The van der Waals surface area contributed by atoms with Crippen molar-refractivity contribution in [2.24, 2.45) is 5.41 Å². The fourth-order valence-corrected chi connectivity index (χ4v) is 2.98. The van der Waals surface area contributed by atoms with Crippen LogP contribution in [0.25, 0.3) is 0 Å². The van der Waals surface area contributed by atoms with Gasteiger partial charge in [-0.3, -0.25) is 4.52 Å².